The van der Waals surface area contributed by atoms with Crippen LogP contribution in [0.15, 0.2) is 0 Å². The second-order valence-corrected chi connectivity index (χ2v) is 3.75. The molecule has 0 heterocycles. The van der Waals surface area contributed by atoms with Crippen molar-refractivity contribution in [1.82, 2.24) is 10.0 Å². The molecule has 0 aliphatic carbocycles. The molecule has 1 amide bonds. The van der Waals surface area contributed by atoms with Crippen LogP contribution in [0.5, 0.6) is 0 Å². The monoisotopic (exact) mass is 203 g/mol. The average molecular weight is 203 g/mol. The summed E-state index contributed by atoms with van der Waals surface area (Å²) >= 11 is 0. The number of aliphatic hydroxyl groups is 1. The van der Waals surface area contributed by atoms with Gasteiger partial charge in [0, 0.05) is 7.05 Å². The van der Waals surface area contributed by atoms with Crippen molar-refractivity contribution in [2.24, 2.45) is 0 Å². The number of rotatable bonds is 3. The average Bonchev–Trinajstić information content (AvgIpc) is 2.01. The second-order valence-electron chi connectivity index (χ2n) is 3.75. The smallest absolute Gasteiger partial charge is 0.430 e. The molecule has 14 heavy (non-hydrogen) atoms. The maximum absolute atomic E-state index is 11.4. The molecule has 0 aliphatic heterocycles. The molecule has 0 aromatic rings. The van der Waals surface area contributed by atoms with Gasteiger partial charge in [-0.05, 0) is 20.8 Å². The minimum Gasteiger partial charge on any atom is -0.442 e. The fraction of sp³-hybridized carbons (Fsp3) is 0.750. The summed E-state index contributed by atoms with van der Waals surface area (Å²) in [6, 6.07) is 0. The minimum absolute atomic E-state index is 0.366. The second kappa shape index (κ2) is 4.92. The molecule has 6 nitrogen and oxygen atoms in total. The van der Waals surface area contributed by atoms with Gasteiger partial charge < -0.3 is 9.84 Å². The third-order valence-electron chi connectivity index (χ3n) is 1.28. The van der Waals surface area contributed by atoms with Crippen LogP contribution in [0.2, 0.25) is 0 Å². The topological polar surface area (TPSA) is 76.9 Å². The normalized spacial score (nSPS) is 11.3. The SMILES string of the molecule is CN(CO)N(C=N)C(=O)OC(C)(C)C. The first kappa shape index (κ1) is 12.9. The number of nitrogens with one attached hydrogen (secondary N) is 1. The molecule has 0 aliphatic rings. The maximum Gasteiger partial charge on any atom is 0.430 e. The van der Waals surface area contributed by atoms with E-state index in [0.717, 1.165) is 16.4 Å². The first-order chi connectivity index (χ1) is 6.31. The zero-order valence-electron chi connectivity index (χ0n) is 8.94. The highest BCUT2D eigenvalue weighted by Gasteiger charge is 2.23. The van der Waals surface area contributed by atoms with Gasteiger partial charge in [0.25, 0.3) is 0 Å². The van der Waals surface area contributed by atoms with E-state index in [1.165, 1.54) is 7.05 Å². The lowest BCUT2D eigenvalue weighted by Crippen LogP contribution is -2.45. The number of nitrogens with zero attached hydrogens (tertiary/aromatic N) is 2. The van der Waals surface area contributed by atoms with E-state index in [1.807, 2.05) is 0 Å². The van der Waals surface area contributed by atoms with Gasteiger partial charge in [0.05, 0.1) is 0 Å². The van der Waals surface area contributed by atoms with E-state index in [0.29, 0.717) is 0 Å². The number of carbonyl (C=O) groups excluding carboxylic acids is 1. The largest absolute Gasteiger partial charge is 0.442 e. The van der Waals surface area contributed by atoms with Crippen molar-refractivity contribution in [2.75, 3.05) is 13.8 Å². The standard InChI is InChI=1S/C8H17N3O3/c1-8(2,3)14-7(13)11(5-9)10(4)6-12/h5,9,12H,6H2,1-4H3. The molecule has 0 aromatic carbocycles. The molecule has 2 N–H and O–H groups in total. The quantitative estimate of drug-likeness (QED) is 0.305. The number of carbonyl (C=O) groups is 1. The van der Waals surface area contributed by atoms with Gasteiger partial charge >= 0.3 is 6.09 Å². The van der Waals surface area contributed by atoms with Crippen LogP contribution in [0, 0.1) is 5.41 Å². The lowest BCUT2D eigenvalue weighted by molar-refractivity contribution is -0.0335. The van der Waals surface area contributed by atoms with Crippen LogP contribution in [0.4, 0.5) is 4.79 Å². The lowest BCUT2D eigenvalue weighted by atomic mass is 10.2. The molecule has 0 unspecified atom stereocenters. The Balaban J connectivity index is 4.40. The van der Waals surface area contributed by atoms with E-state index in [1.54, 1.807) is 20.8 Å². The van der Waals surface area contributed by atoms with Crippen molar-refractivity contribution in [3.05, 3.63) is 0 Å². The van der Waals surface area contributed by atoms with Crippen molar-refractivity contribution in [2.45, 2.75) is 26.4 Å². The summed E-state index contributed by atoms with van der Waals surface area (Å²) in [6.07, 6.45) is 0.0913. The van der Waals surface area contributed by atoms with Crippen LogP contribution in [0.25, 0.3) is 0 Å². The van der Waals surface area contributed by atoms with E-state index in [2.05, 4.69) is 0 Å². The summed E-state index contributed by atoms with van der Waals surface area (Å²) in [6.45, 7) is 4.82. The van der Waals surface area contributed by atoms with E-state index >= 15 is 0 Å². The molecule has 0 spiro atoms. The highest BCUT2D eigenvalue weighted by atomic mass is 16.6. The molecule has 0 fully saturated rings. The third kappa shape index (κ3) is 4.20. The zero-order chi connectivity index (χ0) is 11.4. The van der Waals surface area contributed by atoms with Crippen LogP contribution < -0.4 is 0 Å². The minimum atomic E-state index is -0.691. The highest BCUT2D eigenvalue weighted by molar-refractivity contribution is 5.80. The Kier molecular flexibility index (Phi) is 4.52. The Labute approximate surface area is 83.5 Å². The number of aliphatic hydroxyl groups excluding tert-OH is 1. The molecular formula is C8H17N3O3. The van der Waals surface area contributed by atoms with E-state index in [9.17, 15) is 4.79 Å². The molecule has 0 saturated carbocycles. The van der Waals surface area contributed by atoms with Crippen LogP contribution in [-0.2, 0) is 4.74 Å². The molecule has 82 valence electrons. The van der Waals surface area contributed by atoms with Crippen molar-refractivity contribution in [3.8, 4) is 0 Å². The van der Waals surface area contributed by atoms with Crippen LogP contribution >= 0.6 is 0 Å². The highest BCUT2D eigenvalue weighted by Crippen LogP contribution is 2.09. The molecule has 0 radical (unpaired) electrons. The molecule has 6 heteroatoms. The van der Waals surface area contributed by atoms with E-state index < -0.39 is 11.7 Å². The van der Waals surface area contributed by atoms with Gasteiger partial charge in [0.2, 0.25) is 0 Å². The Morgan fingerprint density at radius 3 is 2.36 bits per heavy atom. The summed E-state index contributed by atoms with van der Waals surface area (Å²) in [5.41, 5.74) is -0.616. The Morgan fingerprint density at radius 1 is 1.57 bits per heavy atom. The Hall–Kier alpha value is -1.14. The van der Waals surface area contributed by atoms with Crippen molar-refractivity contribution < 1.29 is 14.6 Å². The third-order valence-corrected chi connectivity index (χ3v) is 1.28. The summed E-state index contributed by atoms with van der Waals surface area (Å²) in [7, 11) is 1.47. The van der Waals surface area contributed by atoms with Gasteiger partial charge in [-0.2, -0.15) is 10.0 Å². The maximum atomic E-state index is 11.4. The van der Waals surface area contributed by atoms with Crippen LogP contribution in [0.1, 0.15) is 20.8 Å². The molecule has 0 rings (SSSR count). The first-order valence-corrected chi connectivity index (χ1v) is 4.16. The molecular weight excluding hydrogens is 186 g/mol. The summed E-state index contributed by atoms with van der Waals surface area (Å²) < 4.78 is 5.00. The Morgan fingerprint density at radius 2 is 2.07 bits per heavy atom. The molecule has 0 bridgehead atoms. The molecule has 0 atom stereocenters. The van der Waals surface area contributed by atoms with Gasteiger partial charge in [-0.25, -0.2) is 4.79 Å². The van der Waals surface area contributed by atoms with Gasteiger partial charge in [-0.15, -0.1) is 0 Å². The number of hydrogen-bond acceptors (Lipinski definition) is 5. The lowest BCUT2D eigenvalue weighted by Gasteiger charge is -2.28. The number of ether oxygens (including phenoxy) is 1. The summed E-state index contributed by atoms with van der Waals surface area (Å²) in [4.78, 5) is 11.4. The predicted molar refractivity (Wildman–Crippen MR) is 51.7 cm³/mol. The first-order valence-electron chi connectivity index (χ1n) is 4.16. The molecule has 0 saturated heterocycles. The predicted octanol–water partition coefficient (Wildman–Crippen LogP) is 0.627. The number of amides is 1. The van der Waals surface area contributed by atoms with Crippen molar-refractivity contribution >= 4 is 12.4 Å². The van der Waals surface area contributed by atoms with Crippen LogP contribution in [0.3, 0.4) is 0 Å². The molecule has 0 aromatic heterocycles. The van der Waals surface area contributed by atoms with Gasteiger partial charge in [-0.1, -0.05) is 0 Å². The summed E-state index contributed by atoms with van der Waals surface area (Å²) in [5.74, 6) is 0. The van der Waals surface area contributed by atoms with Gasteiger partial charge in [0.1, 0.15) is 18.7 Å². The van der Waals surface area contributed by atoms with Crippen LogP contribution in [-0.4, -0.2) is 46.9 Å². The fourth-order valence-electron chi connectivity index (χ4n) is 0.667. The number of hydrazine groups is 1. The summed E-state index contributed by atoms with van der Waals surface area (Å²) in [5, 5.41) is 17.8. The zero-order valence-corrected chi connectivity index (χ0v) is 8.94. The van der Waals surface area contributed by atoms with E-state index in [4.69, 9.17) is 15.3 Å². The Bertz CT molecular complexity index is 212. The van der Waals surface area contributed by atoms with Gasteiger partial charge in [-0.3, -0.25) is 5.41 Å². The fourth-order valence-corrected chi connectivity index (χ4v) is 0.667. The number of hydrogen-bond donors (Lipinski definition) is 2. The van der Waals surface area contributed by atoms with Crippen molar-refractivity contribution in [1.29, 1.82) is 5.41 Å². The van der Waals surface area contributed by atoms with Gasteiger partial charge in [0.15, 0.2) is 0 Å². The van der Waals surface area contributed by atoms with E-state index in [-0.39, 0.29) is 6.73 Å². The van der Waals surface area contributed by atoms with Crippen molar-refractivity contribution in [3.63, 3.8) is 0 Å².